The summed E-state index contributed by atoms with van der Waals surface area (Å²) in [4.78, 5) is 16.8. The number of carbonyl (C=O) groups is 1. The fourth-order valence-electron chi connectivity index (χ4n) is 2.75. The minimum atomic E-state index is -2.88. The molecule has 0 radical (unpaired) electrons. The van der Waals surface area contributed by atoms with Crippen LogP contribution in [0.15, 0.2) is 35.6 Å². The average Bonchev–Trinajstić information content (AvgIpc) is 2.42. The smallest absolute Gasteiger partial charge is 0.271 e. The summed E-state index contributed by atoms with van der Waals surface area (Å²) < 4.78 is 27.4. The number of allylic oxidation sites excluding steroid dienone is 1. The van der Waals surface area contributed by atoms with E-state index in [9.17, 15) is 18.7 Å². The van der Waals surface area contributed by atoms with Gasteiger partial charge < -0.3 is 19.8 Å². The van der Waals surface area contributed by atoms with Crippen molar-refractivity contribution in [3.63, 3.8) is 0 Å². The Morgan fingerprint density at radius 2 is 2.09 bits per heavy atom. The van der Waals surface area contributed by atoms with Crippen molar-refractivity contribution in [2.24, 2.45) is 0 Å². The van der Waals surface area contributed by atoms with Gasteiger partial charge in [-0.15, -0.1) is 0 Å². The summed E-state index contributed by atoms with van der Waals surface area (Å²) in [7, 11) is 5.05. The number of rotatable bonds is 3. The summed E-state index contributed by atoms with van der Waals surface area (Å²) in [5, 5.41) is 10.0. The summed E-state index contributed by atoms with van der Waals surface area (Å²) in [5.74, 6) is -2.47. The third-order valence-electron chi connectivity index (χ3n) is 3.92. The van der Waals surface area contributed by atoms with E-state index >= 15 is 0 Å². The van der Waals surface area contributed by atoms with Gasteiger partial charge in [0, 0.05) is 46.4 Å². The first-order valence-corrected chi connectivity index (χ1v) is 7.04. The summed E-state index contributed by atoms with van der Waals surface area (Å²) >= 11 is 0. The van der Waals surface area contributed by atoms with E-state index in [0.717, 1.165) is 6.08 Å². The fraction of sp³-hybridized carbons (Fsp3) is 0.533. The van der Waals surface area contributed by atoms with Crippen molar-refractivity contribution in [3.8, 4) is 0 Å². The molecule has 2 aliphatic heterocycles. The first-order valence-electron chi connectivity index (χ1n) is 7.04. The molecule has 2 aliphatic rings. The topological polar surface area (TPSA) is 47.0 Å². The molecule has 2 heterocycles. The monoisotopic (exact) mass is 313 g/mol. The molecule has 5 nitrogen and oxygen atoms in total. The Morgan fingerprint density at radius 1 is 1.45 bits per heavy atom. The first-order chi connectivity index (χ1) is 10.1. The van der Waals surface area contributed by atoms with Crippen LogP contribution in [0.1, 0.15) is 13.3 Å². The quantitative estimate of drug-likeness (QED) is 0.852. The molecular formula is C15H21F2N3O2. The Morgan fingerprint density at radius 3 is 2.68 bits per heavy atom. The van der Waals surface area contributed by atoms with Gasteiger partial charge in [0.1, 0.15) is 17.7 Å². The van der Waals surface area contributed by atoms with Crippen molar-refractivity contribution in [2.75, 3.05) is 27.7 Å². The van der Waals surface area contributed by atoms with Gasteiger partial charge in [-0.05, 0) is 13.0 Å². The van der Waals surface area contributed by atoms with Crippen LogP contribution in [-0.2, 0) is 4.79 Å². The number of hydrogen-bond donors (Lipinski definition) is 1. The number of nitrogens with zero attached hydrogens (tertiary/aromatic N) is 3. The van der Waals surface area contributed by atoms with Crippen LogP contribution >= 0.6 is 0 Å². The minimum Gasteiger partial charge on any atom is -0.384 e. The lowest BCUT2D eigenvalue weighted by molar-refractivity contribution is -0.114. The summed E-state index contributed by atoms with van der Waals surface area (Å²) in [6.45, 7) is 1.57. The molecule has 0 amide bonds. The number of carbonyl (C=O) groups excluding carboxylic acids is 1. The third-order valence-corrected chi connectivity index (χ3v) is 3.92. The molecule has 0 aliphatic carbocycles. The lowest BCUT2D eigenvalue weighted by Gasteiger charge is -2.40. The van der Waals surface area contributed by atoms with E-state index in [1.165, 1.54) is 17.9 Å². The Hall–Kier alpha value is -1.89. The van der Waals surface area contributed by atoms with Gasteiger partial charge in [-0.25, -0.2) is 8.78 Å². The Bertz CT molecular complexity index is 569. The van der Waals surface area contributed by atoms with Crippen molar-refractivity contribution in [1.82, 2.24) is 14.7 Å². The molecule has 0 saturated carbocycles. The maximum absolute atomic E-state index is 13.7. The highest BCUT2D eigenvalue weighted by Gasteiger charge is 2.36. The highest BCUT2D eigenvalue weighted by Crippen LogP contribution is 2.32. The van der Waals surface area contributed by atoms with Gasteiger partial charge in [-0.3, -0.25) is 4.79 Å². The second-order valence-electron chi connectivity index (χ2n) is 5.68. The molecule has 22 heavy (non-hydrogen) atoms. The molecule has 0 fully saturated rings. The van der Waals surface area contributed by atoms with E-state index < -0.39 is 12.0 Å². The highest BCUT2D eigenvalue weighted by molar-refractivity contribution is 5.95. The molecule has 0 saturated heterocycles. The van der Waals surface area contributed by atoms with Gasteiger partial charge in [0.2, 0.25) is 0 Å². The Balaban J connectivity index is 2.49. The lowest BCUT2D eigenvalue weighted by Crippen LogP contribution is -2.43. The van der Waals surface area contributed by atoms with Crippen LogP contribution in [0.2, 0.25) is 0 Å². The zero-order valence-electron chi connectivity index (χ0n) is 13.2. The molecule has 0 bridgehead atoms. The number of aliphatic hydroxyl groups is 1. The van der Waals surface area contributed by atoms with Crippen LogP contribution in [0.4, 0.5) is 8.78 Å². The SMILES string of the molecule is CC(=O)C1=C(N(C)C2=CC(F)(F)CCN2C)N(C)C=CC1O. The van der Waals surface area contributed by atoms with E-state index in [-0.39, 0.29) is 24.3 Å². The maximum atomic E-state index is 13.7. The number of hydrogen-bond acceptors (Lipinski definition) is 5. The van der Waals surface area contributed by atoms with Crippen LogP contribution in [0, 0.1) is 0 Å². The van der Waals surface area contributed by atoms with Crippen LogP contribution < -0.4 is 0 Å². The van der Waals surface area contributed by atoms with E-state index in [1.807, 2.05) is 0 Å². The largest absolute Gasteiger partial charge is 0.384 e. The molecule has 7 heteroatoms. The number of alkyl halides is 2. The van der Waals surface area contributed by atoms with Crippen LogP contribution in [-0.4, -0.2) is 65.3 Å². The van der Waals surface area contributed by atoms with Gasteiger partial charge in [0.05, 0.1) is 5.57 Å². The van der Waals surface area contributed by atoms with E-state index in [1.54, 1.807) is 37.1 Å². The molecule has 0 aromatic heterocycles. The van der Waals surface area contributed by atoms with Crippen LogP contribution in [0.3, 0.4) is 0 Å². The van der Waals surface area contributed by atoms with E-state index in [4.69, 9.17) is 0 Å². The van der Waals surface area contributed by atoms with Crippen molar-refractivity contribution in [1.29, 1.82) is 0 Å². The van der Waals surface area contributed by atoms with E-state index in [0.29, 0.717) is 11.6 Å². The number of aliphatic hydroxyl groups excluding tert-OH is 1. The van der Waals surface area contributed by atoms with Crippen molar-refractivity contribution in [2.45, 2.75) is 25.4 Å². The number of halogens is 2. The van der Waals surface area contributed by atoms with Gasteiger partial charge in [0.15, 0.2) is 5.78 Å². The molecule has 1 atom stereocenters. The zero-order valence-corrected chi connectivity index (χ0v) is 13.2. The fourth-order valence-corrected chi connectivity index (χ4v) is 2.75. The molecule has 0 aromatic rings. The zero-order chi connectivity index (χ0) is 16.7. The molecule has 122 valence electrons. The summed E-state index contributed by atoms with van der Waals surface area (Å²) in [6, 6.07) is 0. The minimum absolute atomic E-state index is 0.190. The van der Waals surface area contributed by atoms with Gasteiger partial charge in [0.25, 0.3) is 5.92 Å². The van der Waals surface area contributed by atoms with Crippen LogP contribution in [0.25, 0.3) is 0 Å². The Labute approximate surface area is 128 Å². The average molecular weight is 313 g/mol. The molecular weight excluding hydrogens is 292 g/mol. The lowest BCUT2D eigenvalue weighted by atomic mass is 10.0. The van der Waals surface area contributed by atoms with Gasteiger partial charge in [-0.1, -0.05) is 0 Å². The second-order valence-corrected chi connectivity index (χ2v) is 5.68. The molecule has 0 spiro atoms. The molecule has 1 unspecified atom stereocenters. The predicted octanol–water partition coefficient (Wildman–Crippen LogP) is 1.35. The Kier molecular flexibility index (Phi) is 4.28. The highest BCUT2D eigenvalue weighted by atomic mass is 19.3. The third kappa shape index (κ3) is 2.99. The van der Waals surface area contributed by atoms with E-state index in [2.05, 4.69) is 0 Å². The van der Waals surface area contributed by atoms with Gasteiger partial charge >= 0.3 is 0 Å². The van der Waals surface area contributed by atoms with Crippen molar-refractivity contribution < 1.29 is 18.7 Å². The van der Waals surface area contributed by atoms with Crippen molar-refractivity contribution in [3.05, 3.63) is 35.6 Å². The predicted molar refractivity (Wildman–Crippen MR) is 78.7 cm³/mol. The van der Waals surface area contributed by atoms with Crippen molar-refractivity contribution >= 4 is 5.78 Å². The molecule has 1 N–H and O–H groups in total. The number of ketones is 1. The summed E-state index contributed by atoms with van der Waals surface area (Å²) in [5.41, 5.74) is 0.190. The first kappa shape index (κ1) is 16.5. The molecule has 0 aromatic carbocycles. The van der Waals surface area contributed by atoms with Gasteiger partial charge in [-0.2, -0.15) is 0 Å². The second kappa shape index (κ2) is 5.72. The normalized spacial score (nSPS) is 24.5. The maximum Gasteiger partial charge on any atom is 0.271 e. The standard InChI is InChI=1S/C15H21F2N3O2/c1-10(21)13-11(22)5-7-19(3)14(13)20(4)12-9-15(16,17)6-8-18(12)2/h5,7,9,11,22H,6,8H2,1-4H3. The number of Topliss-reactive ketones (excluding diaryl/α,β-unsaturated/α-hetero) is 1. The van der Waals surface area contributed by atoms with Crippen LogP contribution in [0.5, 0.6) is 0 Å². The summed E-state index contributed by atoms with van der Waals surface area (Å²) in [6.07, 6.45) is 2.73. The molecule has 2 rings (SSSR count).